The van der Waals surface area contributed by atoms with Gasteiger partial charge in [0.2, 0.25) is 0 Å². The maximum absolute atomic E-state index is 13.9. The fourth-order valence-electron chi connectivity index (χ4n) is 4.33. The van der Waals surface area contributed by atoms with Crippen LogP contribution >= 0.6 is 0 Å². The Morgan fingerprint density at radius 2 is 1.90 bits per heavy atom. The molecule has 0 spiro atoms. The van der Waals surface area contributed by atoms with E-state index >= 15 is 0 Å². The third-order valence-electron chi connectivity index (χ3n) is 6.42. The average molecular weight is 523 g/mol. The summed E-state index contributed by atoms with van der Waals surface area (Å²) in [6.45, 7) is 1.16. The van der Waals surface area contributed by atoms with Gasteiger partial charge in [0.15, 0.2) is 0 Å². The van der Waals surface area contributed by atoms with Gasteiger partial charge in [0.05, 0.1) is 17.5 Å². The maximum Gasteiger partial charge on any atom is 0.262 e. The molecule has 39 heavy (non-hydrogen) atoms. The number of carbonyl (C=O) groups excluding carboxylic acids is 1. The van der Waals surface area contributed by atoms with Crippen LogP contribution in [-0.4, -0.2) is 34.9 Å². The average Bonchev–Trinajstić information content (AvgIpc) is 3.65. The number of halogens is 1. The summed E-state index contributed by atoms with van der Waals surface area (Å²) in [5.41, 5.74) is 3.27. The molecule has 5 rings (SSSR count). The first-order valence-electron chi connectivity index (χ1n) is 12.7. The van der Waals surface area contributed by atoms with Crippen molar-refractivity contribution < 1.29 is 18.7 Å². The Morgan fingerprint density at radius 3 is 2.62 bits per heavy atom. The van der Waals surface area contributed by atoms with Crippen LogP contribution in [0, 0.1) is 17.1 Å². The molecule has 2 heterocycles. The summed E-state index contributed by atoms with van der Waals surface area (Å²) in [7, 11) is 0. The number of benzene rings is 3. The summed E-state index contributed by atoms with van der Waals surface area (Å²) in [6, 6.07) is 25.3. The second-order valence-electron chi connectivity index (χ2n) is 9.13. The van der Waals surface area contributed by atoms with Gasteiger partial charge in [-0.1, -0.05) is 36.4 Å². The molecule has 3 aromatic carbocycles. The Labute approximate surface area is 226 Å². The molecule has 0 bridgehead atoms. The molecule has 1 N–H and O–H groups in total. The molecule has 0 aliphatic carbocycles. The number of para-hydroxylation sites is 1. The first kappa shape index (κ1) is 25.9. The highest BCUT2D eigenvalue weighted by molar-refractivity contribution is 6.02. The van der Waals surface area contributed by atoms with E-state index in [1.165, 1.54) is 6.07 Å². The molecule has 0 saturated carbocycles. The monoisotopic (exact) mass is 522 g/mol. The highest BCUT2D eigenvalue weighted by Crippen LogP contribution is 2.28. The Morgan fingerprint density at radius 1 is 1.13 bits per heavy atom. The van der Waals surface area contributed by atoms with Crippen molar-refractivity contribution in [3.63, 3.8) is 0 Å². The van der Waals surface area contributed by atoms with Gasteiger partial charge in [0.25, 0.3) is 5.91 Å². The summed E-state index contributed by atoms with van der Waals surface area (Å²) in [6.07, 6.45) is 5.17. The molecule has 1 fully saturated rings. The lowest BCUT2D eigenvalue weighted by Gasteiger charge is -2.10. The first-order valence-corrected chi connectivity index (χ1v) is 12.7. The molecule has 1 aliphatic rings. The molecule has 196 valence electrons. The second-order valence-corrected chi connectivity index (χ2v) is 9.13. The maximum atomic E-state index is 13.9. The molecular weight excluding hydrogens is 495 g/mol. The zero-order valence-electron chi connectivity index (χ0n) is 21.2. The molecule has 8 heteroatoms. The molecule has 7 nitrogen and oxygen atoms in total. The van der Waals surface area contributed by atoms with Crippen molar-refractivity contribution in [2.45, 2.75) is 25.6 Å². The number of carbonyl (C=O) groups is 1. The van der Waals surface area contributed by atoms with Gasteiger partial charge < -0.3 is 14.8 Å². The Kier molecular flexibility index (Phi) is 8.10. The number of aromatic nitrogens is 2. The lowest BCUT2D eigenvalue weighted by atomic mass is 10.1. The highest BCUT2D eigenvalue weighted by Gasteiger charge is 2.19. The quantitative estimate of drug-likeness (QED) is 0.233. The summed E-state index contributed by atoms with van der Waals surface area (Å²) < 4.78 is 27.0. The SMILES string of the molecule is N#C/C(=C\c1cn(-c2ccccc2)nc1-c1ccc(OCc2ccccc2F)cc1)C(=O)NCC1CCCO1. The van der Waals surface area contributed by atoms with Crippen LogP contribution in [0.1, 0.15) is 24.0 Å². The summed E-state index contributed by atoms with van der Waals surface area (Å²) >= 11 is 0. The fourth-order valence-corrected chi connectivity index (χ4v) is 4.33. The van der Waals surface area contributed by atoms with E-state index in [0.29, 0.717) is 35.7 Å². The van der Waals surface area contributed by atoms with Crippen LogP contribution in [0.4, 0.5) is 4.39 Å². The van der Waals surface area contributed by atoms with Crippen molar-refractivity contribution in [1.29, 1.82) is 5.26 Å². The molecule has 1 unspecified atom stereocenters. The van der Waals surface area contributed by atoms with E-state index in [1.807, 2.05) is 48.5 Å². The van der Waals surface area contributed by atoms with Crippen molar-refractivity contribution >= 4 is 12.0 Å². The van der Waals surface area contributed by atoms with E-state index in [1.54, 1.807) is 47.3 Å². The Balaban J connectivity index is 1.40. The fraction of sp³-hybridized carbons (Fsp3) is 0.194. The number of nitrogens with zero attached hydrogens (tertiary/aromatic N) is 3. The second kappa shape index (κ2) is 12.2. The standard InChI is InChI=1S/C31H27FN4O3/c32-29-11-5-4-7-23(29)21-39-27-14-12-22(13-15-27)30-25(20-36(35-30)26-8-2-1-3-9-26)17-24(18-33)31(37)34-19-28-10-6-16-38-28/h1-5,7-9,11-15,17,20,28H,6,10,16,19,21H2,(H,34,37)/b24-17+. The van der Waals surface area contributed by atoms with Crippen LogP contribution in [0.15, 0.2) is 90.6 Å². The number of ether oxygens (including phenoxy) is 2. The number of hydrogen-bond acceptors (Lipinski definition) is 5. The van der Waals surface area contributed by atoms with Crippen LogP contribution in [0.2, 0.25) is 0 Å². The van der Waals surface area contributed by atoms with Crippen LogP contribution in [0.5, 0.6) is 5.75 Å². The first-order chi connectivity index (χ1) is 19.1. The molecule has 1 amide bonds. The minimum atomic E-state index is -0.455. The van der Waals surface area contributed by atoms with Gasteiger partial charge >= 0.3 is 0 Å². The normalized spacial score (nSPS) is 15.1. The Bertz CT molecular complexity index is 1500. The third-order valence-corrected chi connectivity index (χ3v) is 6.42. The highest BCUT2D eigenvalue weighted by atomic mass is 19.1. The minimum Gasteiger partial charge on any atom is -0.489 e. The van der Waals surface area contributed by atoms with Crippen molar-refractivity contribution in [3.8, 4) is 28.8 Å². The topological polar surface area (TPSA) is 89.2 Å². The summed E-state index contributed by atoms with van der Waals surface area (Å²) in [4.78, 5) is 12.8. The number of nitriles is 1. The molecule has 1 aromatic heterocycles. The van der Waals surface area contributed by atoms with Gasteiger partial charge in [-0.05, 0) is 61.4 Å². The van der Waals surface area contributed by atoms with Crippen molar-refractivity contribution in [2.75, 3.05) is 13.2 Å². The molecule has 1 saturated heterocycles. The largest absolute Gasteiger partial charge is 0.489 e. The van der Waals surface area contributed by atoms with E-state index in [-0.39, 0.29) is 24.1 Å². The van der Waals surface area contributed by atoms with Gasteiger partial charge in [0.1, 0.15) is 29.8 Å². The minimum absolute atomic E-state index is 0.0216. The zero-order valence-corrected chi connectivity index (χ0v) is 21.2. The van der Waals surface area contributed by atoms with Crippen LogP contribution < -0.4 is 10.1 Å². The van der Waals surface area contributed by atoms with Gasteiger partial charge in [-0.25, -0.2) is 9.07 Å². The van der Waals surface area contributed by atoms with E-state index in [4.69, 9.17) is 14.6 Å². The van der Waals surface area contributed by atoms with Crippen molar-refractivity contribution in [3.05, 3.63) is 108 Å². The number of hydrogen-bond donors (Lipinski definition) is 1. The van der Waals surface area contributed by atoms with Crippen LogP contribution in [0.3, 0.4) is 0 Å². The number of rotatable bonds is 9. The predicted molar refractivity (Wildman–Crippen MR) is 145 cm³/mol. The van der Waals surface area contributed by atoms with Crippen LogP contribution in [-0.2, 0) is 16.1 Å². The van der Waals surface area contributed by atoms with E-state index in [9.17, 15) is 14.4 Å². The Hall–Kier alpha value is -4.74. The van der Waals surface area contributed by atoms with E-state index in [0.717, 1.165) is 24.1 Å². The van der Waals surface area contributed by atoms with Gasteiger partial charge in [-0.3, -0.25) is 4.79 Å². The van der Waals surface area contributed by atoms with Gasteiger partial charge in [-0.2, -0.15) is 10.4 Å². The number of nitrogens with one attached hydrogen (secondary N) is 1. The number of amides is 1. The molecule has 0 radical (unpaired) electrons. The lowest BCUT2D eigenvalue weighted by molar-refractivity contribution is -0.117. The van der Waals surface area contributed by atoms with Crippen molar-refractivity contribution in [2.24, 2.45) is 0 Å². The molecule has 1 atom stereocenters. The van der Waals surface area contributed by atoms with Crippen LogP contribution in [0.25, 0.3) is 23.0 Å². The zero-order chi connectivity index (χ0) is 27.0. The lowest BCUT2D eigenvalue weighted by Crippen LogP contribution is -2.32. The summed E-state index contributed by atoms with van der Waals surface area (Å²) in [5, 5.41) is 17.3. The van der Waals surface area contributed by atoms with Gasteiger partial charge in [-0.15, -0.1) is 0 Å². The molecule has 1 aliphatic heterocycles. The van der Waals surface area contributed by atoms with Gasteiger partial charge in [0, 0.05) is 36.0 Å². The predicted octanol–water partition coefficient (Wildman–Crippen LogP) is 5.46. The molecular formula is C31H27FN4O3. The van der Waals surface area contributed by atoms with Crippen molar-refractivity contribution in [1.82, 2.24) is 15.1 Å². The smallest absolute Gasteiger partial charge is 0.262 e. The third kappa shape index (κ3) is 6.40. The molecule has 4 aromatic rings. The van der Waals surface area contributed by atoms with E-state index < -0.39 is 5.91 Å². The summed E-state index contributed by atoms with van der Waals surface area (Å²) in [5.74, 6) is -0.193. The van der Waals surface area contributed by atoms with E-state index in [2.05, 4.69) is 5.32 Å².